The molecule has 15 nitrogen and oxygen atoms in total. The van der Waals surface area contributed by atoms with E-state index in [2.05, 4.69) is 20.2 Å². The van der Waals surface area contributed by atoms with Crippen molar-refractivity contribution in [2.24, 2.45) is 5.73 Å². The van der Waals surface area contributed by atoms with Gasteiger partial charge in [-0.1, -0.05) is 12.8 Å². The summed E-state index contributed by atoms with van der Waals surface area (Å²) in [5, 5.41) is 3.84. The quantitative estimate of drug-likeness (QED) is 0.180. The molecule has 3 N–H and O–H groups in total. The highest BCUT2D eigenvalue weighted by Crippen LogP contribution is 2.32. The first-order valence-corrected chi connectivity index (χ1v) is 15.9. The lowest BCUT2D eigenvalue weighted by atomic mass is 10.0. The molecule has 2 amide bonds. The second-order valence-corrected chi connectivity index (χ2v) is 11.7. The van der Waals surface area contributed by atoms with Crippen LogP contribution in [0, 0.1) is 6.92 Å². The van der Waals surface area contributed by atoms with Gasteiger partial charge in [-0.15, -0.1) is 0 Å². The minimum atomic E-state index is -0.528. The van der Waals surface area contributed by atoms with Gasteiger partial charge in [-0.2, -0.15) is 4.98 Å². The fourth-order valence-electron chi connectivity index (χ4n) is 6.05. The van der Waals surface area contributed by atoms with Crippen molar-refractivity contribution in [3.8, 4) is 0 Å². The number of nitrogens with two attached hydrogens (primary N) is 1. The van der Waals surface area contributed by atoms with E-state index in [-0.39, 0.29) is 55.3 Å². The van der Waals surface area contributed by atoms with Crippen molar-refractivity contribution in [1.82, 2.24) is 24.4 Å². The molecule has 2 fully saturated rings. The summed E-state index contributed by atoms with van der Waals surface area (Å²) in [6, 6.07) is 3.79. The fraction of sp³-hybridized carbons (Fsp3) is 0.531. The number of Topliss-reactive ketones (excluding diaryl/α,β-unsaturated/α-hetero) is 1. The molecule has 0 spiro atoms. The van der Waals surface area contributed by atoms with Crippen LogP contribution in [-0.4, -0.2) is 108 Å². The highest BCUT2D eigenvalue weighted by Gasteiger charge is 2.26. The molecule has 0 unspecified atom stereocenters. The van der Waals surface area contributed by atoms with E-state index in [1.165, 1.54) is 6.92 Å². The standard InChI is InChI=1S/C32H42N8O7/c1-21-25-18-35-32(37-30(25)40(23-5-3-4-6-23)31(44)29(21)22(2)41)36-27-8-7-24(17-34-27)38-9-11-39(12-10-38)28(43)20-47-16-14-45-13-15-46-19-26(33)42/h7-8,17-18,23H,3-6,9-16,19-20H2,1-2H3,(H2,33,42)(H,34,35,36,37). The highest BCUT2D eigenvalue weighted by atomic mass is 16.5. The van der Waals surface area contributed by atoms with Crippen LogP contribution in [0.25, 0.3) is 11.0 Å². The van der Waals surface area contributed by atoms with Gasteiger partial charge in [-0.25, -0.2) is 9.97 Å². The van der Waals surface area contributed by atoms with Crippen molar-refractivity contribution in [3.05, 3.63) is 46.0 Å². The molecule has 1 aliphatic heterocycles. The molecular formula is C32H42N8O7. The van der Waals surface area contributed by atoms with E-state index < -0.39 is 5.91 Å². The summed E-state index contributed by atoms with van der Waals surface area (Å²) in [6.07, 6.45) is 7.23. The SMILES string of the molecule is CC(=O)c1c(C)c2cnc(Nc3ccc(N4CCN(C(=O)COCCOCCOCC(N)=O)CC4)cn3)nc2n(C2CCCC2)c1=O. The number of pyridine rings is 2. The Morgan fingerprint density at radius 2 is 1.62 bits per heavy atom. The van der Waals surface area contributed by atoms with Crippen molar-refractivity contribution >= 4 is 46.1 Å². The van der Waals surface area contributed by atoms with Crippen LogP contribution in [0.1, 0.15) is 54.6 Å². The van der Waals surface area contributed by atoms with Gasteiger partial charge >= 0.3 is 0 Å². The third-order valence-electron chi connectivity index (χ3n) is 8.45. The van der Waals surface area contributed by atoms with E-state index in [4.69, 9.17) is 24.9 Å². The maximum absolute atomic E-state index is 13.5. The number of primary amides is 1. The maximum Gasteiger partial charge on any atom is 0.263 e. The summed E-state index contributed by atoms with van der Waals surface area (Å²) in [5.41, 5.74) is 6.95. The first kappa shape index (κ1) is 33.9. The Morgan fingerprint density at radius 1 is 0.936 bits per heavy atom. The van der Waals surface area contributed by atoms with Crippen LogP contribution in [0.2, 0.25) is 0 Å². The van der Waals surface area contributed by atoms with Gasteiger partial charge in [0.15, 0.2) is 5.78 Å². The smallest absolute Gasteiger partial charge is 0.263 e. The predicted molar refractivity (Wildman–Crippen MR) is 174 cm³/mol. The zero-order valence-electron chi connectivity index (χ0n) is 26.9. The Kier molecular flexibility index (Phi) is 11.5. The predicted octanol–water partition coefficient (Wildman–Crippen LogP) is 1.74. The van der Waals surface area contributed by atoms with E-state index in [0.717, 1.165) is 31.4 Å². The number of hydrogen-bond acceptors (Lipinski definition) is 12. The van der Waals surface area contributed by atoms with Crippen LogP contribution in [0.5, 0.6) is 0 Å². The summed E-state index contributed by atoms with van der Waals surface area (Å²) in [7, 11) is 0. The van der Waals surface area contributed by atoms with Gasteiger partial charge in [-0.05, 0) is 44.4 Å². The third-order valence-corrected chi connectivity index (χ3v) is 8.45. The topological polar surface area (TPSA) is 184 Å². The van der Waals surface area contributed by atoms with Crippen LogP contribution < -0.4 is 21.5 Å². The molecule has 0 bridgehead atoms. The first-order valence-electron chi connectivity index (χ1n) is 15.9. The Morgan fingerprint density at radius 3 is 2.26 bits per heavy atom. The van der Waals surface area contributed by atoms with Crippen LogP contribution in [0.15, 0.2) is 29.3 Å². The van der Waals surface area contributed by atoms with E-state index in [0.29, 0.717) is 67.8 Å². The number of anilines is 3. The molecule has 15 heteroatoms. The second-order valence-electron chi connectivity index (χ2n) is 11.7. The number of aromatic nitrogens is 4. The van der Waals surface area contributed by atoms with E-state index in [1.54, 1.807) is 28.8 Å². The molecule has 0 aromatic carbocycles. The third kappa shape index (κ3) is 8.47. The number of carbonyl (C=O) groups excluding carboxylic acids is 3. The summed E-state index contributed by atoms with van der Waals surface area (Å²) >= 11 is 0. The van der Waals surface area contributed by atoms with Gasteiger partial charge in [0, 0.05) is 43.8 Å². The molecule has 2 aliphatic rings. The maximum atomic E-state index is 13.5. The number of nitrogens with zero attached hydrogens (tertiary/aromatic N) is 6. The summed E-state index contributed by atoms with van der Waals surface area (Å²) in [4.78, 5) is 66.7. The molecule has 0 radical (unpaired) electrons. The summed E-state index contributed by atoms with van der Waals surface area (Å²) < 4.78 is 17.5. The largest absolute Gasteiger partial charge is 0.377 e. The molecule has 3 aromatic heterocycles. The summed E-state index contributed by atoms with van der Waals surface area (Å²) in [5.74, 6) is 0.00506. The molecule has 5 rings (SSSR count). The number of aryl methyl sites for hydroxylation is 1. The van der Waals surface area contributed by atoms with Gasteiger partial charge in [0.25, 0.3) is 5.56 Å². The minimum Gasteiger partial charge on any atom is -0.377 e. The zero-order valence-corrected chi connectivity index (χ0v) is 26.9. The minimum absolute atomic E-state index is 0.0000279. The van der Waals surface area contributed by atoms with Crippen molar-refractivity contribution < 1.29 is 28.6 Å². The van der Waals surface area contributed by atoms with E-state index >= 15 is 0 Å². The number of nitrogens with one attached hydrogen (secondary N) is 1. The van der Waals surface area contributed by atoms with Gasteiger partial charge in [0.1, 0.15) is 24.7 Å². The van der Waals surface area contributed by atoms with E-state index in [9.17, 15) is 19.2 Å². The van der Waals surface area contributed by atoms with Gasteiger partial charge in [0.2, 0.25) is 17.8 Å². The average molecular weight is 651 g/mol. The summed E-state index contributed by atoms with van der Waals surface area (Å²) in [6.45, 7) is 6.63. The lowest BCUT2D eigenvalue weighted by Gasteiger charge is -2.36. The Bertz CT molecular complexity index is 1630. The Labute approximate surface area is 272 Å². The number of amides is 2. The molecule has 47 heavy (non-hydrogen) atoms. The molecule has 1 saturated heterocycles. The van der Waals surface area contributed by atoms with Crippen molar-refractivity contribution in [2.75, 3.05) is 76.0 Å². The van der Waals surface area contributed by atoms with Crippen LogP contribution in [0.3, 0.4) is 0 Å². The lowest BCUT2D eigenvalue weighted by molar-refractivity contribution is -0.137. The number of ether oxygens (including phenoxy) is 3. The van der Waals surface area contributed by atoms with E-state index in [1.807, 2.05) is 12.1 Å². The Balaban J connectivity index is 1.12. The first-order chi connectivity index (χ1) is 22.7. The van der Waals surface area contributed by atoms with Gasteiger partial charge in [0.05, 0.1) is 43.9 Å². The lowest BCUT2D eigenvalue weighted by Crippen LogP contribution is -2.49. The number of ketones is 1. The Hall–Kier alpha value is -4.47. The molecule has 3 aromatic rings. The van der Waals surface area contributed by atoms with Crippen LogP contribution in [-0.2, 0) is 23.8 Å². The normalized spacial score (nSPS) is 15.4. The van der Waals surface area contributed by atoms with Crippen LogP contribution in [0.4, 0.5) is 17.5 Å². The number of rotatable bonds is 15. The number of carbonyl (C=O) groups is 3. The highest BCUT2D eigenvalue weighted by molar-refractivity contribution is 5.99. The second kappa shape index (κ2) is 15.9. The van der Waals surface area contributed by atoms with Crippen molar-refractivity contribution in [2.45, 2.75) is 45.6 Å². The fourth-order valence-corrected chi connectivity index (χ4v) is 6.05. The molecule has 4 heterocycles. The number of piperazine rings is 1. The number of hydrogen-bond donors (Lipinski definition) is 2. The molecule has 252 valence electrons. The monoisotopic (exact) mass is 650 g/mol. The van der Waals surface area contributed by atoms with Crippen molar-refractivity contribution in [1.29, 1.82) is 0 Å². The average Bonchev–Trinajstić information content (AvgIpc) is 3.58. The molecule has 1 saturated carbocycles. The molecule has 0 atom stereocenters. The van der Waals surface area contributed by atoms with Gasteiger partial charge in [-0.3, -0.25) is 23.7 Å². The van der Waals surface area contributed by atoms with Gasteiger partial charge < -0.3 is 35.1 Å². The molecular weight excluding hydrogens is 608 g/mol. The van der Waals surface area contributed by atoms with Crippen molar-refractivity contribution in [3.63, 3.8) is 0 Å². The van der Waals surface area contributed by atoms with Crippen LogP contribution >= 0.6 is 0 Å². The zero-order chi connectivity index (χ0) is 33.3. The number of fused-ring (bicyclic) bond motifs is 1. The molecule has 1 aliphatic carbocycles.